The number of hydrogen-bond acceptors (Lipinski definition) is 2. The summed E-state index contributed by atoms with van der Waals surface area (Å²) < 4.78 is 12.8. The van der Waals surface area contributed by atoms with Crippen molar-refractivity contribution in [3.8, 4) is 11.3 Å². The van der Waals surface area contributed by atoms with Crippen LogP contribution in [0.25, 0.3) is 11.3 Å². The Morgan fingerprint density at radius 3 is 2.80 bits per heavy atom. The minimum absolute atomic E-state index is 0.251. The minimum atomic E-state index is -0.277. The summed E-state index contributed by atoms with van der Waals surface area (Å²) >= 11 is 0. The zero-order valence-corrected chi connectivity index (χ0v) is 8.12. The molecular formula is C11H9FN2O. The molecule has 15 heavy (non-hydrogen) atoms. The van der Waals surface area contributed by atoms with Crippen molar-refractivity contribution < 1.29 is 4.39 Å². The van der Waals surface area contributed by atoms with Crippen LogP contribution in [0.15, 0.2) is 35.4 Å². The monoisotopic (exact) mass is 204 g/mol. The van der Waals surface area contributed by atoms with Crippen molar-refractivity contribution in [2.24, 2.45) is 0 Å². The van der Waals surface area contributed by atoms with Crippen LogP contribution in [0.5, 0.6) is 0 Å². The molecular weight excluding hydrogens is 195 g/mol. The molecule has 1 aromatic carbocycles. The van der Waals surface area contributed by atoms with Crippen LogP contribution in [0.3, 0.4) is 0 Å². The van der Waals surface area contributed by atoms with Gasteiger partial charge in [-0.1, -0.05) is 0 Å². The number of aromatic nitrogens is 2. The third-order valence-corrected chi connectivity index (χ3v) is 2.14. The summed E-state index contributed by atoms with van der Waals surface area (Å²) in [6.07, 6.45) is 2.72. The molecule has 0 bridgehead atoms. The third kappa shape index (κ3) is 1.93. The number of nitrogens with one attached hydrogen (secondary N) is 1. The van der Waals surface area contributed by atoms with Crippen LogP contribution in [0, 0.1) is 12.7 Å². The van der Waals surface area contributed by atoms with E-state index in [1.807, 2.05) is 0 Å². The van der Waals surface area contributed by atoms with E-state index in [0.29, 0.717) is 5.69 Å². The highest BCUT2D eigenvalue weighted by molar-refractivity contribution is 5.62. The lowest BCUT2D eigenvalue weighted by molar-refractivity contribution is 0.627. The van der Waals surface area contributed by atoms with Crippen LogP contribution in [0.4, 0.5) is 4.39 Å². The van der Waals surface area contributed by atoms with E-state index in [1.54, 1.807) is 13.0 Å². The Kier molecular flexibility index (Phi) is 2.33. The Labute approximate surface area is 85.6 Å². The Balaban J connectivity index is 2.54. The SMILES string of the molecule is Cc1cc(F)ccc1-c1c[nH]c(=O)cn1. The van der Waals surface area contributed by atoms with Crippen LogP contribution in [-0.4, -0.2) is 9.97 Å². The first-order chi connectivity index (χ1) is 7.16. The average molecular weight is 204 g/mol. The fourth-order valence-electron chi connectivity index (χ4n) is 1.40. The normalized spacial score (nSPS) is 10.3. The number of H-pyrrole nitrogens is 1. The van der Waals surface area contributed by atoms with Gasteiger partial charge in [0.15, 0.2) is 0 Å². The van der Waals surface area contributed by atoms with E-state index in [0.717, 1.165) is 11.1 Å². The van der Waals surface area contributed by atoms with Gasteiger partial charge in [0.25, 0.3) is 5.56 Å². The van der Waals surface area contributed by atoms with Gasteiger partial charge in [0.2, 0.25) is 0 Å². The maximum Gasteiger partial charge on any atom is 0.266 e. The number of rotatable bonds is 1. The molecule has 0 spiro atoms. The molecule has 0 fully saturated rings. The summed E-state index contributed by atoms with van der Waals surface area (Å²) in [7, 11) is 0. The van der Waals surface area contributed by atoms with Crippen LogP contribution < -0.4 is 5.56 Å². The Bertz CT molecular complexity index is 528. The molecule has 0 radical (unpaired) electrons. The fraction of sp³-hybridized carbons (Fsp3) is 0.0909. The van der Waals surface area contributed by atoms with E-state index >= 15 is 0 Å². The molecule has 0 saturated heterocycles. The van der Waals surface area contributed by atoms with Crippen LogP contribution in [0.2, 0.25) is 0 Å². The second kappa shape index (κ2) is 3.65. The Morgan fingerprint density at radius 2 is 2.20 bits per heavy atom. The van der Waals surface area contributed by atoms with E-state index in [4.69, 9.17) is 0 Å². The fourth-order valence-corrected chi connectivity index (χ4v) is 1.40. The van der Waals surface area contributed by atoms with Gasteiger partial charge in [0.1, 0.15) is 5.82 Å². The summed E-state index contributed by atoms with van der Waals surface area (Å²) in [4.78, 5) is 17.3. The number of benzene rings is 1. The summed E-state index contributed by atoms with van der Waals surface area (Å²) in [5.74, 6) is -0.277. The molecule has 0 aliphatic rings. The second-order valence-electron chi connectivity index (χ2n) is 3.26. The van der Waals surface area contributed by atoms with Crippen LogP contribution in [-0.2, 0) is 0 Å². The smallest absolute Gasteiger partial charge is 0.266 e. The molecule has 1 N–H and O–H groups in total. The van der Waals surface area contributed by atoms with E-state index in [1.165, 1.54) is 24.5 Å². The van der Waals surface area contributed by atoms with Crippen molar-refractivity contribution in [1.82, 2.24) is 9.97 Å². The van der Waals surface area contributed by atoms with E-state index in [-0.39, 0.29) is 11.4 Å². The van der Waals surface area contributed by atoms with Crippen molar-refractivity contribution in [3.63, 3.8) is 0 Å². The van der Waals surface area contributed by atoms with Gasteiger partial charge in [0.05, 0.1) is 11.9 Å². The van der Waals surface area contributed by atoms with E-state index < -0.39 is 0 Å². The molecule has 0 aliphatic carbocycles. The first kappa shape index (κ1) is 9.58. The summed E-state index contributed by atoms with van der Waals surface area (Å²) in [6, 6.07) is 4.45. The molecule has 4 heteroatoms. The molecule has 2 rings (SSSR count). The summed E-state index contributed by atoms with van der Waals surface area (Å²) in [5.41, 5.74) is 1.98. The minimum Gasteiger partial charge on any atom is -0.326 e. The number of hydrogen-bond donors (Lipinski definition) is 1. The maximum atomic E-state index is 12.8. The van der Waals surface area contributed by atoms with Gasteiger partial charge >= 0.3 is 0 Å². The van der Waals surface area contributed by atoms with Crippen molar-refractivity contribution >= 4 is 0 Å². The first-order valence-electron chi connectivity index (χ1n) is 4.48. The molecule has 3 nitrogen and oxygen atoms in total. The average Bonchev–Trinajstić information content (AvgIpc) is 2.20. The maximum absolute atomic E-state index is 12.8. The molecule has 0 aliphatic heterocycles. The zero-order chi connectivity index (χ0) is 10.8. The molecule has 1 heterocycles. The lowest BCUT2D eigenvalue weighted by Crippen LogP contribution is -2.04. The van der Waals surface area contributed by atoms with E-state index in [2.05, 4.69) is 9.97 Å². The van der Waals surface area contributed by atoms with Crippen molar-refractivity contribution in [2.45, 2.75) is 6.92 Å². The van der Waals surface area contributed by atoms with Crippen molar-refractivity contribution in [2.75, 3.05) is 0 Å². The molecule has 1 aromatic heterocycles. The van der Waals surface area contributed by atoms with Gasteiger partial charge in [-0.25, -0.2) is 9.37 Å². The lowest BCUT2D eigenvalue weighted by atomic mass is 10.1. The number of aromatic amines is 1. The van der Waals surface area contributed by atoms with E-state index in [9.17, 15) is 9.18 Å². The molecule has 0 atom stereocenters. The highest BCUT2D eigenvalue weighted by Crippen LogP contribution is 2.20. The lowest BCUT2D eigenvalue weighted by Gasteiger charge is -2.03. The molecule has 0 amide bonds. The van der Waals surface area contributed by atoms with Gasteiger partial charge < -0.3 is 4.98 Å². The topological polar surface area (TPSA) is 45.8 Å². The largest absolute Gasteiger partial charge is 0.326 e. The van der Waals surface area contributed by atoms with Gasteiger partial charge in [-0.2, -0.15) is 0 Å². The quantitative estimate of drug-likeness (QED) is 0.770. The molecule has 0 unspecified atom stereocenters. The molecule has 2 aromatic rings. The van der Waals surface area contributed by atoms with Gasteiger partial charge in [-0.3, -0.25) is 4.79 Å². The Morgan fingerprint density at radius 1 is 1.40 bits per heavy atom. The summed E-state index contributed by atoms with van der Waals surface area (Å²) in [5, 5.41) is 0. The number of aryl methyl sites for hydroxylation is 1. The van der Waals surface area contributed by atoms with Crippen molar-refractivity contribution in [3.05, 3.63) is 52.3 Å². The molecule has 0 saturated carbocycles. The first-order valence-corrected chi connectivity index (χ1v) is 4.48. The third-order valence-electron chi connectivity index (χ3n) is 2.14. The van der Waals surface area contributed by atoms with Crippen LogP contribution in [0.1, 0.15) is 5.56 Å². The van der Waals surface area contributed by atoms with Crippen molar-refractivity contribution in [1.29, 1.82) is 0 Å². The molecule has 76 valence electrons. The predicted molar refractivity (Wildman–Crippen MR) is 55.0 cm³/mol. The number of halogens is 1. The highest BCUT2D eigenvalue weighted by atomic mass is 19.1. The summed E-state index contributed by atoms with van der Waals surface area (Å²) in [6.45, 7) is 1.80. The highest BCUT2D eigenvalue weighted by Gasteiger charge is 2.03. The standard InChI is InChI=1S/C11H9FN2O/c1-7-4-8(12)2-3-9(7)10-5-14-11(15)6-13-10/h2-6H,1H3,(H,14,15). The predicted octanol–water partition coefficient (Wildman–Crippen LogP) is 1.88. The zero-order valence-electron chi connectivity index (χ0n) is 8.12. The number of nitrogens with zero attached hydrogens (tertiary/aromatic N) is 1. The van der Waals surface area contributed by atoms with Gasteiger partial charge in [0, 0.05) is 11.8 Å². The van der Waals surface area contributed by atoms with Gasteiger partial charge in [-0.05, 0) is 30.7 Å². The van der Waals surface area contributed by atoms with Gasteiger partial charge in [-0.15, -0.1) is 0 Å². The van der Waals surface area contributed by atoms with Crippen LogP contribution >= 0.6 is 0 Å². The Hall–Kier alpha value is -1.97. The second-order valence-corrected chi connectivity index (χ2v) is 3.26.